The molecule has 0 aliphatic rings. The maximum absolute atomic E-state index is 13.3. The van der Waals surface area contributed by atoms with Crippen LogP contribution in [0.25, 0.3) is 0 Å². The lowest BCUT2D eigenvalue weighted by Gasteiger charge is -2.22. The third kappa shape index (κ3) is 4.63. The molecule has 2 nitrogen and oxygen atoms in total. The van der Waals surface area contributed by atoms with Gasteiger partial charge in [0.05, 0.1) is 11.1 Å². The molecule has 0 radical (unpaired) electrons. The van der Waals surface area contributed by atoms with Crippen molar-refractivity contribution < 1.29 is 9.50 Å². The number of benzene rings is 2. The minimum atomic E-state index is -0.269. The molecular weight excluding hydrogens is 333 g/mol. The molecule has 0 aliphatic carbocycles. The summed E-state index contributed by atoms with van der Waals surface area (Å²) in [4.78, 5) is 0. The molecular formula is C17H19BrFNO. The molecule has 4 heteroatoms. The Labute approximate surface area is 133 Å². The highest BCUT2D eigenvalue weighted by Crippen LogP contribution is 2.21. The van der Waals surface area contributed by atoms with Crippen LogP contribution < -0.4 is 5.32 Å². The van der Waals surface area contributed by atoms with Crippen LogP contribution in [0.3, 0.4) is 0 Å². The predicted octanol–water partition coefficient (Wildman–Crippen LogP) is 3.84. The van der Waals surface area contributed by atoms with E-state index in [1.807, 2.05) is 37.3 Å². The van der Waals surface area contributed by atoms with Crippen molar-refractivity contribution in [3.63, 3.8) is 0 Å². The van der Waals surface area contributed by atoms with E-state index in [2.05, 4.69) is 21.2 Å². The van der Waals surface area contributed by atoms with Gasteiger partial charge in [-0.1, -0.05) is 36.4 Å². The minimum Gasteiger partial charge on any atom is -0.395 e. The van der Waals surface area contributed by atoms with Gasteiger partial charge in [0.25, 0.3) is 0 Å². The van der Waals surface area contributed by atoms with Crippen molar-refractivity contribution in [2.75, 3.05) is 6.61 Å². The molecule has 2 aromatic carbocycles. The summed E-state index contributed by atoms with van der Waals surface area (Å²) in [5.74, 6) is -0.269. The van der Waals surface area contributed by atoms with Gasteiger partial charge in [0, 0.05) is 12.1 Å². The smallest absolute Gasteiger partial charge is 0.137 e. The lowest BCUT2D eigenvalue weighted by atomic mass is 10.0. The van der Waals surface area contributed by atoms with Gasteiger partial charge in [0.2, 0.25) is 0 Å². The summed E-state index contributed by atoms with van der Waals surface area (Å²) in [6.45, 7) is 2.06. The molecule has 2 atom stereocenters. The Balaban J connectivity index is 2.02. The average Bonchev–Trinajstić information content (AvgIpc) is 2.50. The molecule has 0 spiro atoms. The Kier molecular flexibility index (Phi) is 5.91. The van der Waals surface area contributed by atoms with Crippen molar-refractivity contribution in [1.29, 1.82) is 0 Å². The fraction of sp³-hybridized carbons (Fsp3) is 0.294. The standard InChI is InChI=1S/C17H19BrFNO/c1-12(14-7-8-17(19)16(18)10-14)20-15(11-21)9-13-5-3-2-4-6-13/h2-8,10,12,15,20-21H,9,11H2,1H3/t12?,15-/m1/s1. The summed E-state index contributed by atoms with van der Waals surface area (Å²) < 4.78 is 13.7. The van der Waals surface area contributed by atoms with E-state index in [0.29, 0.717) is 4.47 Å². The van der Waals surface area contributed by atoms with Crippen molar-refractivity contribution >= 4 is 15.9 Å². The maximum atomic E-state index is 13.3. The molecule has 2 aromatic rings. The summed E-state index contributed by atoms with van der Waals surface area (Å²) in [7, 11) is 0. The SMILES string of the molecule is CC(N[C@@H](CO)Cc1ccccc1)c1ccc(F)c(Br)c1. The van der Waals surface area contributed by atoms with Crippen molar-refractivity contribution in [3.8, 4) is 0 Å². The third-order valence-corrected chi connectivity index (χ3v) is 4.08. The lowest BCUT2D eigenvalue weighted by molar-refractivity contribution is 0.232. The second-order valence-electron chi connectivity index (χ2n) is 5.13. The Morgan fingerprint density at radius 3 is 2.52 bits per heavy atom. The van der Waals surface area contributed by atoms with Crippen LogP contribution in [-0.4, -0.2) is 17.8 Å². The van der Waals surface area contributed by atoms with Gasteiger partial charge in [0.1, 0.15) is 5.82 Å². The molecule has 112 valence electrons. The normalized spacial score (nSPS) is 13.9. The van der Waals surface area contributed by atoms with Crippen LogP contribution in [0.5, 0.6) is 0 Å². The van der Waals surface area contributed by atoms with Crippen LogP contribution in [0.15, 0.2) is 53.0 Å². The fourth-order valence-corrected chi connectivity index (χ4v) is 2.70. The van der Waals surface area contributed by atoms with Gasteiger partial charge in [-0.15, -0.1) is 0 Å². The average molecular weight is 352 g/mol. The molecule has 0 bridgehead atoms. The first-order chi connectivity index (χ1) is 10.1. The van der Waals surface area contributed by atoms with Crippen LogP contribution in [0.2, 0.25) is 0 Å². The predicted molar refractivity (Wildman–Crippen MR) is 86.7 cm³/mol. The number of aliphatic hydroxyl groups is 1. The number of hydrogen-bond donors (Lipinski definition) is 2. The zero-order valence-corrected chi connectivity index (χ0v) is 13.5. The van der Waals surface area contributed by atoms with E-state index in [1.165, 1.54) is 11.6 Å². The number of nitrogens with one attached hydrogen (secondary N) is 1. The second kappa shape index (κ2) is 7.69. The van der Waals surface area contributed by atoms with Gasteiger partial charge >= 0.3 is 0 Å². The molecule has 1 unspecified atom stereocenters. The highest BCUT2D eigenvalue weighted by atomic mass is 79.9. The molecule has 21 heavy (non-hydrogen) atoms. The van der Waals surface area contributed by atoms with E-state index in [1.54, 1.807) is 12.1 Å². The van der Waals surface area contributed by atoms with E-state index in [4.69, 9.17) is 0 Å². The van der Waals surface area contributed by atoms with Crippen LogP contribution in [0.1, 0.15) is 24.1 Å². The fourth-order valence-electron chi connectivity index (χ4n) is 2.31. The summed E-state index contributed by atoms with van der Waals surface area (Å²) in [5, 5.41) is 12.9. The Hall–Kier alpha value is -1.23. The van der Waals surface area contributed by atoms with Crippen LogP contribution in [-0.2, 0) is 6.42 Å². The number of rotatable bonds is 6. The quantitative estimate of drug-likeness (QED) is 0.828. The van der Waals surface area contributed by atoms with E-state index in [-0.39, 0.29) is 24.5 Å². The number of halogens is 2. The Morgan fingerprint density at radius 2 is 1.90 bits per heavy atom. The Bertz CT molecular complexity index is 576. The van der Waals surface area contributed by atoms with Gasteiger partial charge in [-0.3, -0.25) is 0 Å². The van der Waals surface area contributed by atoms with Gasteiger partial charge in [-0.2, -0.15) is 0 Å². The highest BCUT2D eigenvalue weighted by Gasteiger charge is 2.14. The van der Waals surface area contributed by atoms with E-state index in [0.717, 1.165) is 12.0 Å². The van der Waals surface area contributed by atoms with Gasteiger partial charge < -0.3 is 10.4 Å². The molecule has 0 aromatic heterocycles. The first kappa shape index (κ1) is 16.1. The highest BCUT2D eigenvalue weighted by molar-refractivity contribution is 9.10. The van der Waals surface area contributed by atoms with E-state index >= 15 is 0 Å². The zero-order valence-electron chi connectivity index (χ0n) is 11.9. The van der Waals surface area contributed by atoms with Gasteiger partial charge in [0.15, 0.2) is 0 Å². The maximum Gasteiger partial charge on any atom is 0.137 e. The van der Waals surface area contributed by atoms with Crippen molar-refractivity contribution in [3.05, 3.63) is 69.9 Å². The molecule has 0 heterocycles. The Morgan fingerprint density at radius 1 is 1.19 bits per heavy atom. The van der Waals surface area contributed by atoms with Crippen molar-refractivity contribution in [2.24, 2.45) is 0 Å². The molecule has 2 rings (SSSR count). The van der Waals surface area contributed by atoms with Gasteiger partial charge in [-0.05, 0) is 52.5 Å². The third-order valence-electron chi connectivity index (χ3n) is 3.47. The number of hydrogen-bond acceptors (Lipinski definition) is 2. The minimum absolute atomic E-state index is 0.0303. The van der Waals surface area contributed by atoms with Crippen LogP contribution >= 0.6 is 15.9 Å². The lowest BCUT2D eigenvalue weighted by Crippen LogP contribution is -2.36. The van der Waals surface area contributed by atoms with E-state index < -0.39 is 0 Å². The van der Waals surface area contributed by atoms with E-state index in [9.17, 15) is 9.50 Å². The van der Waals surface area contributed by atoms with Crippen LogP contribution in [0.4, 0.5) is 4.39 Å². The zero-order chi connectivity index (χ0) is 15.2. The van der Waals surface area contributed by atoms with Gasteiger partial charge in [-0.25, -0.2) is 4.39 Å². The molecule has 0 amide bonds. The molecule has 0 saturated carbocycles. The first-order valence-electron chi connectivity index (χ1n) is 6.96. The van der Waals surface area contributed by atoms with Crippen molar-refractivity contribution in [1.82, 2.24) is 5.32 Å². The van der Waals surface area contributed by atoms with Crippen LogP contribution in [0, 0.1) is 5.82 Å². The molecule has 0 saturated heterocycles. The second-order valence-corrected chi connectivity index (χ2v) is 5.99. The topological polar surface area (TPSA) is 32.3 Å². The number of aliphatic hydroxyl groups excluding tert-OH is 1. The molecule has 0 aliphatic heterocycles. The largest absolute Gasteiger partial charge is 0.395 e. The van der Waals surface area contributed by atoms with Crippen molar-refractivity contribution in [2.45, 2.75) is 25.4 Å². The first-order valence-corrected chi connectivity index (χ1v) is 7.75. The summed E-state index contributed by atoms with van der Waals surface area (Å²) >= 11 is 3.20. The molecule has 0 fully saturated rings. The molecule has 2 N–H and O–H groups in total. The summed E-state index contributed by atoms with van der Waals surface area (Å²) in [6.07, 6.45) is 0.754. The monoisotopic (exact) mass is 351 g/mol. The summed E-state index contributed by atoms with van der Waals surface area (Å²) in [5.41, 5.74) is 2.16. The summed E-state index contributed by atoms with van der Waals surface area (Å²) in [6, 6.07) is 15.0.